The first-order valence-corrected chi connectivity index (χ1v) is 7.54. The van der Waals surface area contributed by atoms with Crippen LogP contribution in [0.5, 0.6) is 0 Å². The third kappa shape index (κ3) is 5.28. The summed E-state index contributed by atoms with van der Waals surface area (Å²) in [5.41, 5.74) is -0.625. The van der Waals surface area contributed by atoms with Crippen LogP contribution in [0.4, 0.5) is 9.59 Å². The number of urea groups is 1. The van der Waals surface area contributed by atoms with Gasteiger partial charge in [0, 0.05) is 24.8 Å². The maximum Gasteiger partial charge on any atom is 0.412 e. The predicted molar refractivity (Wildman–Crippen MR) is 82.8 cm³/mol. The Hall–Kier alpha value is -1.64. The Morgan fingerprint density at radius 2 is 2.09 bits per heavy atom. The molecule has 0 aliphatic carbocycles. The number of ether oxygens (including phenoxy) is 1. The average Bonchev–Trinajstić information content (AvgIpc) is 2.77. The van der Waals surface area contributed by atoms with E-state index in [9.17, 15) is 14.4 Å². The molecule has 0 spiro atoms. The van der Waals surface area contributed by atoms with Crippen molar-refractivity contribution in [3.05, 3.63) is 0 Å². The topological polar surface area (TPSA) is 91.6 Å². The second kappa shape index (κ2) is 7.57. The van der Waals surface area contributed by atoms with Crippen molar-refractivity contribution in [3.8, 4) is 0 Å². The van der Waals surface area contributed by atoms with Gasteiger partial charge in [-0.05, 0) is 27.7 Å². The molecule has 1 rings (SSSR count). The van der Waals surface area contributed by atoms with Gasteiger partial charge in [-0.3, -0.25) is 14.6 Å². The molecule has 1 fully saturated rings. The van der Waals surface area contributed by atoms with E-state index in [0.29, 0.717) is 19.4 Å². The molecule has 1 aliphatic heterocycles. The van der Waals surface area contributed by atoms with Gasteiger partial charge in [0.05, 0.1) is 0 Å². The third-order valence-electron chi connectivity index (χ3n) is 2.87. The highest BCUT2D eigenvalue weighted by Crippen LogP contribution is 2.25. The molecule has 0 radical (unpaired) electrons. The molecule has 124 valence electrons. The normalized spacial score (nSPS) is 22.0. The lowest BCUT2D eigenvalue weighted by molar-refractivity contribution is -0.115. The van der Waals surface area contributed by atoms with Gasteiger partial charge >= 0.3 is 12.1 Å². The van der Waals surface area contributed by atoms with Crippen LogP contribution in [0.25, 0.3) is 0 Å². The average molecular weight is 330 g/mol. The number of hydrogen-bond acceptors (Lipinski definition) is 6. The fourth-order valence-corrected chi connectivity index (χ4v) is 2.21. The molecule has 0 aromatic rings. The molecule has 1 aliphatic rings. The molecular formula is C13H22N4O4S. The van der Waals surface area contributed by atoms with Gasteiger partial charge in [0.15, 0.2) is 0 Å². The highest BCUT2D eigenvalue weighted by molar-refractivity contribution is 7.81. The van der Waals surface area contributed by atoms with Gasteiger partial charge in [-0.25, -0.2) is 9.59 Å². The Balaban J connectivity index is 2.77. The zero-order valence-corrected chi connectivity index (χ0v) is 14.1. The predicted octanol–water partition coefficient (Wildman–Crippen LogP) is 2.30. The number of amides is 4. The molecule has 0 aromatic heterocycles. The van der Waals surface area contributed by atoms with E-state index in [4.69, 9.17) is 4.74 Å². The van der Waals surface area contributed by atoms with Crippen molar-refractivity contribution in [2.24, 2.45) is 10.2 Å². The summed E-state index contributed by atoms with van der Waals surface area (Å²) in [6.07, 6.45) is -0.287. The van der Waals surface area contributed by atoms with Gasteiger partial charge in [0.1, 0.15) is 11.8 Å². The van der Waals surface area contributed by atoms with Crippen molar-refractivity contribution in [1.82, 2.24) is 9.80 Å². The Morgan fingerprint density at radius 1 is 1.45 bits per heavy atom. The minimum absolute atomic E-state index is 0.0695. The van der Waals surface area contributed by atoms with Crippen molar-refractivity contribution >= 4 is 31.2 Å². The summed E-state index contributed by atoms with van der Waals surface area (Å²) < 4.78 is 5.30. The number of nitrogens with zero attached hydrogens (tertiary/aromatic N) is 4. The maximum atomic E-state index is 12.1. The van der Waals surface area contributed by atoms with E-state index < -0.39 is 23.9 Å². The van der Waals surface area contributed by atoms with Gasteiger partial charge in [0.2, 0.25) is 6.41 Å². The summed E-state index contributed by atoms with van der Waals surface area (Å²) in [6.45, 7) is 7.51. The Bertz CT molecular complexity index is 463. The molecule has 0 N–H and O–H groups in total. The lowest BCUT2D eigenvalue weighted by Crippen LogP contribution is -2.39. The van der Waals surface area contributed by atoms with Crippen molar-refractivity contribution in [1.29, 1.82) is 0 Å². The van der Waals surface area contributed by atoms with Gasteiger partial charge in [-0.2, -0.15) is 17.7 Å². The van der Waals surface area contributed by atoms with E-state index in [0.717, 1.165) is 4.90 Å². The second-order valence-electron chi connectivity index (χ2n) is 5.89. The molecular weight excluding hydrogens is 308 g/mol. The fraction of sp³-hybridized carbons (Fsp3) is 0.769. The number of thiol groups is 1. The zero-order chi connectivity index (χ0) is 16.9. The van der Waals surface area contributed by atoms with Crippen molar-refractivity contribution < 1.29 is 19.1 Å². The third-order valence-corrected chi connectivity index (χ3v) is 3.24. The molecule has 1 heterocycles. The summed E-state index contributed by atoms with van der Waals surface area (Å²) in [6, 6.07) is -0.760. The molecule has 9 heteroatoms. The van der Waals surface area contributed by atoms with Crippen LogP contribution in [0.2, 0.25) is 0 Å². The quantitative estimate of drug-likeness (QED) is 0.488. The van der Waals surface area contributed by atoms with Crippen LogP contribution >= 0.6 is 12.6 Å². The number of hydrogen-bond donors (Lipinski definition) is 1. The molecule has 1 saturated heterocycles. The number of carbonyl (C=O) groups is 3. The second-order valence-corrected chi connectivity index (χ2v) is 6.62. The summed E-state index contributed by atoms with van der Waals surface area (Å²) in [7, 11) is 0. The Morgan fingerprint density at radius 3 is 2.59 bits per heavy atom. The highest BCUT2D eigenvalue weighted by Gasteiger charge is 2.36. The first kappa shape index (κ1) is 18.4. The number of carbonyl (C=O) groups excluding carboxylic acids is 3. The number of azo groups is 1. The molecule has 0 saturated carbocycles. The van der Waals surface area contributed by atoms with E-state index in [1.165, 1.54) is 4.90 Å². The smallest absolute Gasteiger partial charge is 0.412 e. The van der Waals surface area contributed by atoms with Gasteiger partial charge in [0.25, 0.3) is 0 Å². The number of likely N-dealkylation sites (tertiary alicyclic amines) is 1. The molecule has 22 heavy (non-hydrogen) atoms. The van der Waals surface area contributed by atoms with Crippen LogP contribution in [0, 0.1) is 0 Å². The molecule has 0 aromatic carbocycles. The fourth-order valence-electron chi connectivity index (χ4n) is 1.85. The van der Waals surface area contributed by atoms with Gasteiger partial charge < -0.3 is 4.74 Å². The minimum atomic E-state index is -0.760. The summed E-state index contributed by atoms with van der Waals surface area (Å²) in [4.78, 5) is 36.7. The Labute approximate surface area is 135 Å². The standard InChI is InChI=1S/C13H22N4O4S/c1-5-16(8-18)11(19)15-14-10-6-9(22)7-17(10)12(20)21-13(2,3)4/h8-10,22H,5-7H2,1-4H3/b15-14+/t9-,10+/m0/s1. The monoisotopic (exact) mass is 330 g/mol. The minimum Gasteiger partial charge on any atom is -0.444 e. The highest BCUT2D eigenvalue weighted by atomic mass is 32.1. The van der Waals surface area contributed by atoms with Gasteiger partial charge in [-0.15, -0.1) is 0 Å². The van der Waals surface area contributed by atoms with E-state index in [1.807, 2.05) is 0 Å². The van der Waals surface area contributed by atoms with Crippen LogP contribution in [0.15, 0.2) is 10.2 Å². The number of imide groups is 1. The molecule has 0 unspecified atom stereocenters. The summed E-state index contributed by atoms with van der Waals surface area (Å²) in [5.74, 6) is 0. The molecule has 0 bridgehead atoms. The van der Waals surface area contributed by atoms with Crippen molar-refractivity contribution in [2.75, 3.05) is 13.1 Å². The van der Waals surface area contributed by atoms with Crippen LogP contribution in [-0.2, 0) is 9.53 Å². The molecule has 4 amide bonds. The molecule has 8 nitrogen and oxygen atoms in total. The SMILES string of the molecule is CCN(C=O)C(=O)/N=N/[C@H]1C[C@H](S)CN1C(=O)OC(C)(C)C. The lowest BCUT2D eigenvalue weighted by Gasteiger charge is -2.26. The zero-order valence-electron chi connectivity index (χ0n) is 13.2. The Kier molecular flexibility index (Phi) is 6.34. The summed E-state index contributed by atoms with van der Waals surface area (Å²) in [5, 5.41) is 7.31. The first-order valence-electron chi connectivity index (χ1n) is 7.02. The van der Waals surface area contributed by atoms with Crippen LogP contribution in [0.1, 0.15) is 34.1 Å². The van der Waals surface area contributed by atoms with E-state index in [1.54, 1.807) is 27.7 Å². The van der Waals surface area contributed by atoms with E-state index in [2.05, 4.69) is 22.9 Å². The van der Waals surface area contributed by atoms with E-state index in [-0.39, 0.29) is 11.8 Å². The first-order chi connectivity index (χ1) is 10.2. The van der Waals surface area contributed by atoms with Crippen LogP contribution < -0.4 is 0 Å². The summed E-state index contributed by atoms with van der Waals surface area (Å²) >= 11 is 4.34. The lowest BCUT2D eigenvalue weighted by atomic mass is 10.2. The van der Waals surface area contributed by atoms with Crippen molar-refractivity contribution in [2.45, 2.75) is 51.1 Å². The number of rotatable bonds is 3. The van der Waals surface area contributed by atoms with Crippen molar-refractivity contribution in [3.63, 3.8) is 0 Å². The largest absolute Gasteiger partial charge is 0.444 e. The van der Waals surface area contributed by atoms with E-state index >= 15 is 0 Å². The van der Waals surface area contributed by atoms with Crippen LogP contribution in [0.3, 0.4) is 0 Å². The maximum absolute atomic E-state index is 12.1. The van der Waals surface area contributed by atoms with Crippen LogP contribution in [-0.4, -0.2) is 58.4 Å². The molecule has 2 atom stereocenters. The van der Waals surface area contributed by atoms with Gasteiger partial charge in [-0.1, -0.05) is 5.11 Å².